The highest BCUT2D eigenvalue weighted by molar-refractivity contribution is 7.98. The number of fused-ring (bicyclic) bond motifs is 2. The normalized spacial score (nSPS) is 11.1. The lowest BCUT2D eigenvalue weighted by atomic mass is 10.1. The van der Waals surface area contributed by atoms with E-state index < -0.39 is 5.63 Å². The predicted octanol–water partition coefficient (Wildman–Crippen LogP) is 3.34. The van der Waals surface area contributed by atoms with Gasteiger partial charge in [-0.1, -0.05) is 11.8 Å². The molecule has 2 N–H and O–H groups in total. The molecule has 0 saturated carbocycles. The smallest absolute Gasteiger partial charge is 0.336 e. The lowest BCUT2D eigenvalue weighted by Crippen LogP contribution is -2.08. The van der Waals surface area contributed by atoms with Crippen LogP contribution in [0.15, 0.2) is 54.9 Å². The van der Waals surface area contributed by atoms with Crippen LogP contribution < -0.4 is 16.5 Å². The summed E-state index contributed by atoms with van der Waals surface area (Å²) in [6.45, 7) is 1.41. The molecule has 0 spiro atoms. The third kappa shape index (κ3) is 3.64. The first kappa shape index (κ1) is 17.5. The molecule has 0 unspecified atom stereocenters. The molecule has 0 radical (unpaired) electrons. The quantitative estimate of drug-likeness (QED) is 0.310. The van der Waals surface area contributed by atoms with E-state index in [1.807, 2.05) is 5.38 Å². The molecule has 4 rings (SSSR count). The second kappa shape index (κ2) is 7.01. The van der Waals surface area contributed by atoms with Crippen molar-refractivity contribution >= 4 is 55.9 Å². The molecule has 0 saturated heterocycles. The summed E-state index contributed by atoms with van der Waals surface area (Å²) in [6.07, 6.45) is 0. The van der Waals surface area contributed by atoms with Crippen molar-refractivity contribution in [2.24, 2.45) is 0 Å². The molecular weight excluding hydrogens is 386 g/mol. The summed E-state index contributed by atoms with van der Waals surface area (Å²) in [5, 5.41) is 6.30. The van der Waals surface area contributed by atoms with Crippen molar-refractivity contribution in [3.63, 3.8) is 0 Å². The number of aromatic amines is 1. The van der Waals surface area contributed by atoms with E-state index in [-0.39, 0.29) is 11.5 Å². The van der Waals surface area contributed by atoms with E-state index in [9.17, 15) is 14.4 Å². The molecule has 1 aromatic carbocycles. The Kier molecular flexibility index (Phi) is 4.54. The number of carbonyl (C=O) groups is 1. The third-order valence-corrected chi connectivity index (χ3v) is 5.56. The van der Waals surface area contributed by atoms with Crippen molar-refractivity contribution in [1.29, 1.82) is 0 Å². The van der Waals surface area contributed by atoms with Crippen LogP contribution in [0.25, 0.3) is 21.2 Å². The van der Waals surface area contributed by atoms with Crippen molar-refractivity contribution in [3.8, 4) is 0 Å². The number of thiophene rings is 1. The topological polar surface area (TPSA) is 105 Å². The number of carbonyl (C=O) groups excluding carboxylic acids is 1. The van der Waals surface area contributed by atoms with Gasteiger partial charge in [0.05, 0.1) is 5.39 Å². The molecule has 0 aliphatic heterocycles. The summed E-state index contributed by atoms with van der Waals surface area (Å²) in [4.78, 5) is 43.0. The van der Waals surface area contributed by atoms with Gasteiger partial charge in [0, 0.05) is 35.9 Å². The van der Waals surface area contributed by atoms with Gasteiger partial charge in [0.1, 0.15) is 10.4 Å². The van der Waals surface area contributed by atoms with Gasteiger partial charge in [-0.05, 0) is 29.1 Å². The lowest BCUT2D eigenvalue weighted by Gasteiger charge is -2.07. The summed E-state index contributed by atoms with van der Waals surface area (Å²) in [7, 11) is 0. The third-order valence-electron chi connectivity index (χ3n) is 3.83. The van der Waals surface area contributed by atoms with Gasteiger partial charge in [0.15, 0.2) is 5.16 Å². The van der Waals surface area contributed by atoms with Crippen LogP contribution in [-0.4, -0.2) is 15.9 Å². The summed E-state index contributed by atoms with van der Waals surface area (Å²) in [6, 6.07) is 8.32. The van der Waals surface area contributed by atoms with Gasteiger partial charge in [-0.25, -0.2) is 9.78 Å². The molecule has 0 fully saturated rings. The average molecular weight is 399 g/mol. The molecule has 27 heavy (non-hydrogen) atoms. The van der Waals surface area contributed by atoms with Gasteiger partial charge in [-0.15, -0.1) is 11.3 Å². The number of nitrogens with one attached hydrogen (secondary N) is 2. The van der Waals surface area contributed by atoms with Crippen LogP contribution in [-0.2, 0) is 10.5 Å². The first-order valence-electron chi connectivity index (χ1n) is 7.94. The Morgan fingerprint density at radius 1 is 1.26 bits per heavy atom. The summed E-state index contributed by atoms with van der Waals surface area (Å²) in [5.41, 5.74) is 1.04. The maximum atomic E-state index is 12.1. The van der Waals surface area contributed by atoms with Crippen molar-refractivity contribution in [3.05, 3.63) is 62.0 Å². The van der Waals surface area contributed by atoms with Gasteiger partial charge in [-0.2, -0.15) is 0 Å². The summed E-state index contributed by atoms with van der Waals surface area (Å²) in [5.74, 6) is 0.226. The Hall–Kier alpha value is -2.91. The molecule has 0 bridgehead atoms. The maximum Gasteiger partial charge on any atom is 0.336 e. The minimum Gasteiger partial charge on any atom is -0.423 e. The fourth-order valence-corrected chi connectivity index (χ4v) is 4.36. The Balaban J connectivity index is 1.67. The maximum absolute atomic E-state index is 12.1. The van der Waals surface area contributed by atoms with E-state index in [2.05, 4.69) is 15.3 Å². The van der Waals surface area contributed by atoms with Crippen molar-refractivity contribution in [1.82, 2.24) is 9.97 Å². The molecular formula is C18H13N3O4S2. The monoisotopic (exact) mass is 399 g/mol. The second-order valence-corrected chi connectivity index (χ2v) is 7.64. The fraction of sp³-hybridized carbons (Fsp3) is 0.111. The molecule has 0 aliphatic rings. The van der Waals surface area contributed by atoms with Crippen LogP contribution in [0.1, 0.15) is 12.5 Å². The van der Waals surface area contributed by atoms with E-state index in [4.69, 9.17) is 4.42 Å². The van der Waals surface area contributed by atoms with E-state index in [1.54, 1.807) is 24.3 Å². The molecule has 0 aliphatic carbocycles. The van der Waals surface area contributed by atoms with Gasteiger partial charge >= 0.3 is 5.63 Å². The highest BCUT2D eigenvalue weighted by atomic mass is 32.2. The van der Waals surface area contributed by atoms with E-state index in [0.29, 0.717) is 32.4 Å². The highest BCUT2D eigenvalue weighted by Gasteiger charge is 2.10. The number of anilines is 1. The number of thioether (sulfide) groups is 1. The van der Waals surface area contributed by atoms with Crippen LogP contribution in [0.3, 0.4) is 0 Å². The van der Waals surface area contributed by atoms with Gasteiger partial charge in [0.2, 0.25) is 5.91 Å². The van der Waals surface area contributed by atoms with Crippen molar-refractivity contribution in [2.45, 2.75) is 17.8 Å². The van der Waals surface area contributed by atoms with Crippen LogP contribution in [0.5, 0.6) is 0 Å². The number of hydrogen-bond acceptors (Lipinski definition) is 7. The van der Waals surface area contributed by atoms with Gasteiger partial charge < -0.3 is 14.7 Å². The SMILES string of the molecule is CC(=O)Nc1ccc2c(CSc3nc4sccc4c(=O)[nH]3)cc(=O)oc2c1. The molecule has 0 atom stereocenters. The Labute approximate surface area is 160 Å². The molecule has 3 aromatic heterocycles. The summed E-state index contributed by atoms with van der Waals surface area (Å²) < 4.78 is 5.26. The Morgan fingerprint density at radius 2 is 2.11 bits per heavy atom. The predicted molar refractivity (Wildman–Crippen MR) is 107 cm³/mol. The number of amides is 1. The number of benzene rings is 1. The Morgan fingerprint density at radius 3 is 2.93 bits per heavy atom. The number of nitrogens with zero attached hydrogens (tertiary/aromatic N) is 1. The minimum absolute atomic E-state index is 0.180. The summed E-state index contributed by atoms with van der Waals surface area (Å²) >= 11 is 2.74. The van der Waals surface area contributed by atoms with Crippen LogP contribution in [0.2, 0.25) is 0 Å². The molecule has 1 amide bonds. The molecule has 3 heterocycles. The Bertz CT molecular complexity index is 1290. The fourth-order valence-electron chi connectivity index (χ4n) is 2.69. The van der Waals surface area contributed by atoms with Gasteiger partial charge in [-0.3, -0.25) is 9.59 Å². The number of aromatic nitrogens is 2. The standard InChI is InChI=1S/C18H13N3O4S2/c1-9(22)19-11-2-3-12-10(6-15(23)25-14(12)7-11)8-27-18-20-16(24)13-4-5-26-17(13)21-18/h2-7H,8H2,1H3,(H,19,22)(H,20,21,24). The van der Waals surface area contributed by atoms with E-state index in [0.717, 1.165) is 10.9 Å². The van der Waals surface area contributed by atoms with Gasteiger partial charge in [0.25, 0.3) is 5.56 Å². The van der Waals surface area contributed by atoms with Crippen LogP contribution >= 0.6 is 23.1 Å². The van der Waals surface area contributed by atoms with E-state index >= 15 is 0 Å². The minimum atomic E-state index is -0.478. The van der Waals surface area contributed by atoms with Crippen molar-refractivity contribution < 1.29 is 9.21 Å². The zero-order valence-corrected chi connectivity index (χ0v) is 15.7. The zero-order chi connectivity index (χ0) is 19.0. The molecule has 4 aromatic rings. The first-order chi connectivity index (χ1) is 13.0. The number of rotatable bonds is 4. The second-order valence-electron chi connectivity index (χ2n) is 5.78. The van der Waals surface area contributed by atoms with Crippen LogP contribution in [0, 0.1) is 0 Å². The number of H-pyrrole nitrogens is 1. The van der Waals surface area contributed by atoms with E-state index in [1.165, 1.54) is 36.1 Å². The van der Waals surface area contributed by atoms with Crippen molar-refractivity contribution in [2.75, 3.05) is 5.32 Å². The molecule has 7 nitrogen and oxygen atoms in total. The zero-order valence-electron chi connectivity index (χ0n) is 14.1. The first-order valence-corrected chi connectivity index (χ1v) is 9.81. The largest absolute Gasteiger partial charge is 0.423 e. The molecule has 136 valence electrons. The number of hydrogen-bond donors (Lipinski definition) is 2. The van der Waals surface area contributed by atoms with Crippen LogP contribution in [0.4, 0.5) is 5.69 Å². The highest BCUT2D eigenvalue weighted by Crippen LogP contribution is 2.27. The average Bonchev–Trinajstić information content (AvgIpc) is 3.08. The lowest BCUT2D eigenvalue weighted by molar-refractivity contribution is -0.114. The molecule has 9 heteroatoms.